The Kier molecular flexibility index (Phi) is 4.88. The van der Waals surface area contributed by atoms with Crippen LogP contribution in [0, 0.1) is 0 Å². The molecule has 0 atom stereocenters. The number of benzene rings is 2. The van der Waals surface area contributed by atoms with Crippen molar-refractivity contribution < 1.29 is 14.3 Å². The first kappa shape index (κ1) is 14.7. The molecule has 0 aromatic heterocycles. The predicted octanol–water partition coefficient (Wildman–Crippen LogP) is 4.39. The molecule has 2 aromatic rings. The van der Waals surface area contributed by atoms with Gasteiger partial charge in [0.25, 0.3) is 0 Å². The van der Waals surface area contributed by atoms with Gasteiger partial charge in [0.15, 0.2) is 6.29 Å². The highest BCUT2D eigenvalue weighted by molar-refractivity contribution is 6.33. The van der Waals surface area contributed by atoms with E-state index in [0.29, 0.717) is 33.4 Å². The van der Waals surface area contributed by atoms with Crippen molar-refractivity contribution in [3.05, 3.63) is 57.6 Å². The number of hydrogen-bond acceptors (Lipinski definition) is 3. The summed E-state index contributed by atoms with van der Waals surface area (Å²) in [6, 6.07) is 10.3. The van der Waals surface area contributed by atoms with Gasteiger partial charge >= 0.3 is 0 Å². The van der Waals surface area contributed by atoms with Gasteiger partial charge in [-0.25, -0.2) is 0 Å². The van der Waals surface area contributed by atoms with Crippen LogP contribution in [0.5, 0.6) is 11.5 Å². The van der Waals surface area contributed by atoms with Crippen molar-refractivity contribution in [1.82, 2.24) is 0 Å². The van der Waals surface area contributed by atoms with Gasteiger partial charge in [0.2, 0.25) is 0 Å². The zero-order chi connectivity index (χ0) is 14.5. The molecule has 0 radical (unpaired) electrons. The summed E-state index contributed by atoms with van der Waals surface area (Å²) >= 11 is 11.9. The molecule has 0 aliphatic heterocycles. The van der Waals surface area contributed by atoms with Crippen LogP contribution in [0.2, 0.25) is 10.0 Å². The van der Waals surface area contributed by atoms with Gasteiger partial charge in [-0.1, -0.05) is 29.3 Å². The fraction of sp³-hybridized carbons (Fsp3) is 0.133. The number of carbonyl (C=O) groups excluding carboxylic acids is 1. The third-order valence-corrected chi connectivity index (χ3v) is 3.32. The molecular formula is C15H12Cl2O3. The fourth-order valence-corrected chi connectivity index (χ4v) is 2.18. The van der Waals surface area contributed by atoms with Crippen molar-refractivity contribution in [3.8, 4) is 11.5 Å². The number of aldehydes is 1. The van der Waals surface area contributed by atoms with Crippen molar-refractivity contribution >= 4 is 29.5 Å². The number of methoxy groups -OCH3 is 1. The third kappa shape index (κ3) is 3.24. The molecule has 104 valence electrons. The largest absolute Gasteiger partial charge is 0.496 e. The van der Waals surface area contributed by atoms with Crippen LogP contribution in [0.15, 0.2) is 36.4 Å². The first-order chi connectivity index (χ1) is 9.65. The minimum absolute atomic E-state index is 0.227. The molecule has 2 rings (SSSR count). The van der Waals surface area contributed by atoms with E-state index < -0.39 is 0 Å². The number of rotatable bonds is 5. The smallest absolute Gasteiger partial charge is 0.155 e. The summed E-state index contributed by atoms with van der Waals surface area (Å²) in [5.74, 6) is 1.10. The second-order valence-corrected chi connectivity index (χ2v) is 4.86. The van der Waals surface area contributed by atoms with Gasteiger partial charge in [0.1, 0.15) is 18.1 Å². The molecule has 0 unspecified atom stereocenters. The lowest BCUT2D eigenvalue weighted by molar-refractivity contribution is 0.111. The first-order valence-corrected chi connectivity index (χ1v) is 6.60. The summed E-state index contributed by atoms with van der Waals surface area (Å²) in [5, 5.41) is 0.946. The molecule has 0 saturated heterocycles. The van der Waals surface area contributed by atoms with E-state index >= 15 is 0 Å². The maximum absolute atomic E-state index is 11.0. The Hall–Kier alpha value is -1.71. The van der Waals surface area contributed by atoms with E-state index in [1.165, 1.54) is 0 Å². The molecule has 0 aliphatic carbocycles. The predicted molar refractivity (Wildman–Crippen MR) is 79.2 cm³/mol. The number of carbonyl (C=O) groups is 1. The van der Waals surface area contributed by atoms with Crippen molar-refractivity contribution in [1.29, 1.82) is 0 Å². The Morgan fingerprint density at radius 1 is 1.15 bits per heavy atom. The maximum atomic E-state index is 11.0. The summed E-state index contributed by atoms with van der Waals surface area (Å²) in [6.45, 7) is 0.227. The summed E-state index contributed by atoms with van der Waals surface area (Å²) in [7, 11) is 1.57. The Morgan fingerprint density at radius 2 is 1.95 bits per heavy atom. The maximum Gasteiger partial charge on any atom is 0.155 e. The van der Waals surface area contributed by atoms with Crippen LogP contribution >= 0.6 is 23.2 Å². The average molecular weight is 311 g/mol. The van der Waals surface area contributed by atoms with Gasteiger partial charge in [-0.3, -0.25) is 4.79 Å². The molecular weight excluding hydrogens is 299 g/mol. The molecule has 0 amide bonds. The number of hydrogen-bond donors (Lipinski definition) is 0. The average Bonchev–Trinajstić information content (AvgIpc) is 2.45. The fourth-order valence-electron chi connectivity index (χ4n) is 1.77. The molecule has 0 spiro atoms. The standard InChI is InChI=1S/C15H12Cl2O3/c1-19-14-6-5-11(16)7-10(14)9-20-15-4-2-3-13(17)12(15)8-18/h2-8H,9H2,1H3. The van der Waals surface area contributed by atoms with Gasteiger partial charge in [-0.05, 0) is 30.3 Å². The van der Waals surface area contributed by atoms with E-state index in [9.17, 15) is 4.79 Å². The summed E-state index contributed by atoms with van der Waals surface area (Å²) in [4.78, 5) is 11.0. The number of ether oxygens (including phenoxy) is 2. The molecule has 0 saturated carbocycles. The lowest BCUT2D eigenvalue weighted by Crippen LogP contribution is -2.01. The van der Waals surface area contributed by atoms with Crippen molar-refractivity contribution in [3.63, 3.8) is 0 Å². The van der Waals surface area contributed by atoms with Crippen LogP contribution in [-0.2, 0) is 6.61 Å². The van der Waals surface area contributed by atoms with Crippen molar-refractivity contribution in [2.75, 3.05) is 7.11 Å². The molecule has 0 aliphatic rings. The van der Waals surface area contributed by atoms with E-state index in [4.69, 9.17) is 32.7 Å². The molecule has 0 bridgehead atoms. The third-order valence-electron chi connectivity index (χ3n) is 2.76. The van der Waals surface area contributed by atoms with E-state index in [0.717, 1.165) is 5.56 Å². The van der Waals surface area contributed by atoms with Gasteiger partial charge in [-0.2, -0.15) is 0 Å². The molecule has 0 heterocycles. The van der Waals surface area contributed by atoms with Crippen LogP contribution < -0.4 is 9.47 Å². The van der Waals surface area contributed by atoms with E-state index in [2.05, 4.69) is 0 Å². The second kappa shape index (κ2) is 6.64. The zero-order valence-electron chi connectivity index (χ0n) is 10.7. The quantitative estimate of drug-likeness (QED) is 0.768. The molecule has 20 heavy (non-hydrogen) atoms. The molecule has 3 nitrogen and oxygen atoms in total. The van der Waals surface area contributed by atoms with E-state index in [-0.39, 0.29) is 6.61 Å². The summed E-state index contributed by atoms with van der Waals surface area (Å²) in [5.41, 5.74) is 1.12. The van der Waals surface area contributed by atoms with Crippen LogP contribution in [0.3, 0.4) is 0 Å². The Labute approximate surface area is 127 Å². The van der Waals surface area contributed by atoms with Gasteiger partial charge in [-0.15, -0.1) is 0 Å². The van der Waals surface area contributed by atoms with Crippen LogP contribution in [0.1, 0.15) is 15.9 Å². The Morgan fingerprint density at radius 3 is 2.65 bits per heavy atom. The highest BCUT2D eigenvalue weighted by atomic mass is 35.5. The molecule has 0 N–H and O–H groups in total. The van der Waals surface area contributed by atoms with E-state index in [1.54, 1.807) is 43.5 Å². The molecule has 5 heteroatoms. The van der Waals surface area contributed by atoms with Crippen molar-refractivity contribution in [2.24, 2.45) is 0 Å². The minimum atomic E-state index is 0.227. The Bertz CT molecular complexity index is 627. The minimum Gasteiger partial charge on any atom is -0.496 e. The lowest BCUT2D eigenvalue weighted by Gasteiger charge is -2.12. The molecule has 2 aromatic carbocycles. The monoisotopic (exact) mass is 310 g/mol. The van der Waals surface area contributed by atoms with Gasteiger partial charge < -0.3 is 9.47 Å². The topological polar surface area (TPSA) is 35.5 Å². The van der Waals surface area contributed by atoms with Gasteiger partial charge in [0.05, 0.1) is 17.7 Å². The SMILES string of the molecule is COc1ccc(Cl)cc1COc1cccc(Cl)c1C=O. The van der Waals surface area contributed by atoms with Crippen LogP contribution in [0.25, 0.3) is 0 Å². The Balaban J connectivity index is 2.23. The van der Waals surface area contributed by atoms with Crippen molar-refractivity contribution in [2.45, 2.75) is 6.61 Å². The second-order valence-electron chi connectivity index (χ2n) is 4.01. The highest BCUT2D eigenvalue weighted by Crippen LogP contribution is 2.28. The zero-order valence-corrected chi connectivity index (χ0v) is 12.2. The summed E-state index contributed by atoms with van der Waals surface area (Å²) < 4.78 is 10.9. The van der Waals surface area contributed by atoms with Gasteiger partial charge in [0, 0.05) is 10.6 Å². The number of halogens is 2. The lowest BCUT2D eigenvalue weighted by atomic mass is 10.2. The van der Waals surface area contributed by atoms with Crippen LogP contribution in [-0.4, -0.2) is 13.4 Å². The van der Waals surface area contributed by atoms with E-state index in [1.807, 2.05) is 0 Å². The normalized spacial score (nSPS) is 10.2. The highest BCUT2D eigenvalue weighted by Gasteiger charge is 2.09. The summed E-state index contributed by atoms with van der Waals surface area (Å²) in [6.07, 6.45) is 0.673. The molecule has 0 fully saturated rings. The van der Waals surface area contributed by atoms with Crippen LogP contribution in [0.4, 0.5) is 0 Å². The first-order valence-electron chi connectivity index (χ1n) is 5.84.